The van der Waals surface area contributed by atoms with E-state index in [9.17, 15) is 18.0 Å². The molecule has 0 bridgehead atoms. The standard InChI is InChI=1S/C22H20N2O7S/c25-21(23-12-15-8-9-17-19(11-15)31-14-30-17)22(26)24-13-20(18-7-4-10-29-18)32(27,28)16-5-2-1-3-6-16/h1-11,20H,12-14H2,(H,23,25)(H,24,26)/t20-/m1/s1. The number of sulfone groups is 1. The summed E-state index contributed by atoms with van der Waals surface area (Å²) in [6.45, 7) is -0.107. The van der Waals surface area contributed by atoms with Crippen LogP contribution in [-0.4, -0.2) is 33.6 Å². The highest BCUT2D eigenvalue weighted by Gasteiger charge is 2.32. The summed E-state index contributed by atoms with van der Waals surface area (Å²) in [7, 11) is -3.87. The smallest absolute Gasteiger partial charge is 0.309 e. The van der Waals surface area contributed by atoms with Gasteiger partial charge < -0.3 is 24.5 Å². The molecular weight excluding hydrogens is 436 g/mol. The van der Waals surface area contributed by atoms with Crippen molar-refractivity contribution in [2.75, 3.05) is 13.3 Å². The molecule has 0 unspecified atom stereocenters. The van der Waals surface area contributed by atoms with E-state index in [0.717, 1.165) is 5.56 Å². The average Bonchev–Trinajstić information content (AvgIpc) is 3.49. The molecule has 1 atom stereocenters. The third-order valence-electron chi connectivity index (χ3n) is 4.85. The van der Waals surface area contributed by atoms with Crippen molar-refractivity contribution in [3.05, 3.63) is 78.3 Å². The van der Waals surface area contributed by atoms with E-state index < -0.39 is 26.9 Å². The summed E-state index contributed by atoms with van der Waals surface area (Å²) < 4.78 is 42.0. The molecule has 3 aromatic rings. The maximum absolute atomic E-state index is 13.1. The molecule has 1 aliphatic rings. The fraction of sp³-hybridized carbons (Fsp3) is 0.182. The van der Waals surface area contributed by atoms with Crippen LogP contribution in [0.5, 0.6) is 11.5 Å². The van der Waals surface area contributed by atoms with Crippen LogP contribution >= 0.6 is 0 Å². The van der Waals surface area contributed by atoms with E-state index in [-0.39, 0.29) is 30.5 Å². The Bertz CT molecular complexity index is 1210. The number of benzene rings is 2. The minimum Gasteiger partial charge on any atom is -0.468 e. The van der Waals surface area contributed by atoms with Crippen LogP contribution in [0, 0.1) is 0 Å². The van der Waals surface area contributed by atoms with Crippen molar-refractivity contribution in [3.8, 4) is 11.5 Å². The van der Waals surface area contributed by atoms with Gasteiger partial charge in [-0.3, -0.25) is 9.59 Å². The van der Waals surface area contributed by atoms with Crippen LogP contribution in [0.2, 0.25) is 0 Å². The minimum absolute atomic E-state index is 0.0860. The number of amides is 2. The van der Waals surface area contributed by atoms with Gasteiger partial charge in [-0.25, -0.2) is 8.42 Å². The molecule has 4 rings (SSSR count). The molecular formula is C22H20N2O7S. The molecule has 0 radical (unpaired) electrons. The summed E-state index contributed by atoms with van der Waals surface area (Å²) in [6.07, 6.45) is 1.35. The number of fused-ring (bicyclic) bond motifs is 1. The van der Waals surface area contributed by atoms with Crippen LogP contribution in [0.1, 0.15) is 16.6 Å². The first kappa shape index (κ1) is 21.4. The Morgan fingerprint density at radius 3 is 2.41 bits per heavy atom. The van der Waals surface area contributed by atoms with Crippen molar-refractivity contribution in [2.24, 2.45) is 0 Å². The van der Waals surface area contributed by atoms with Crippen LogP contribution in [0.3, 0.4) is 0 Å². The van der Waals surface area contributed by atoms with E-state index in [2.05, 4.69) is 10.6 Å². The van der Waals surface area contributed by atoms with Gasteiger partial charge in [0.05, 0.1) is 11.2 Å². The van der Waals surface area contributed by atoms with Gasteiger partial charge in [0.1, 0.15) is 11.0 Å². The number of rotatable bonds is 7. The second-order valence-electron chi connectivity index (χ2n) is 6.94. The Balaban J connectivity index is 1.39. The lowest BCUT2D eigenvalue weighted by atomic mass is 10.2. The molecule has 1 aromatic heterocycles. The number of nitrogens with one attached hydrogen (secondary N) is 2. The molecule has 2 amide bonds. The van der Waals surface area contributed by atoms with E-state index in [1.807, 2.05) is 0 Å². The molecule has 2 aromatic carbocycles. The molecule has 10 heteroatoms. The Morgan fingerprint density at radius 1 is 0.906 bits per heavy atom. The molecule has 0 aliphatic carbocycles. The predicted molar refractivity (Wildman–Crippen MR) is 112 cm³/mol. The number of carbonyl (C=O) groups is 2. The second kappa shape index (κ2) is 9.15. The van der Waals surface area contributed by atoms with Crippen molar-refractivity contribution < 1.29 is 31.9 Å². The molecule has 166 valence electrons. The van der Waals surface area contributed by atoms with Crippen molar-refractivity contribution in [3.63, 3.8) is 0 Å². The summed E-state index contributed by atoms with van der Waals surface area (Å²) in [5, 5.41) is 3.70. The molecule has 9 nitrogen and oxygen atoms in total. The first-order valence-corrected chi connectivity index (χ1v) is 11.3. The van der Waals surface area contributed by atoms with Crippen LogP contribution in [-0.2, 0) is 26.0 Å². The van der Waals surface area contributed by atoms with Crippen LogP contribution in [0.4, 0.5) is 0 Å². The van der Waals surface area contributed by atoms with Crippen LogP contribution < -0.4 is 20.1 Å². The third kappa shape index (κ3) is 4.59. The summed E-state index contributed by atoms with van der Waals surface area (Å²) in [5.41, 5.74) is 0.718. The molecule has 0 spiro atoms. The monoisotopic (exact) mass is 456 g/mol. The summed E-state index contributed by atoms with van der Waals surface area (Å²) in [4.78, 5) is 24.6. The molecule has 0 saturated heterocycles. The molecule has 0 fully saturated rings. The number of hydrogen-bond donors (Lipinski definition) is 2. The zero-order valence-corrected chi connectivity index (χ0v) is 17.6. The highest BCUT2D eigenvalue weighted by molar-refractivity contribution is 7.91. The van der Waals surface area contributed by atoms with Gasteiger partial charge in [0.2, 0.25) is 6.79 Å². The second-order valence-corrected chi connectivity index (χ2v) is 9.07. The summed E-state index contributed by atoms with van der Waals surface area (Å²) in [5.74, 6) is -0.506. The lowest BCUT2D eigenvalue weighted by Crippen LogP contribution is -2.42. The predicted octanol–water partition coefficient (Wildman–Crippen LogP) is 1.96. The lowest BCUT2D eigenvalue weighted by Gasteiger charge is -2.16. The highest BCUT2D eigenvalue weighted by atomic mass is 32.2. The first-order valence-electron chi connectivity index (χ1n) is 9.72. The number of furan rings is 1. The van der Waals surface area contributed by atoms with Crippen molar-refractivity contribution >= 4 is 21.7 Å². The molecule has 0 saturated carbocycles. The van der Waals surface area contributed by atoms with E-state index in [1.165, 1.54) is 24.5 Å². The third-order valence-corrected chi connectivity index (χ3v) is 6.93. The van der Waals surface area contributed by atoms with Gasteiger partial charge in [-0.2, -0.15) is 0 Å². The largest absolute Gasteiger partial charge is 0.468 e. The number of hydrogen-bond acceptors (Lipinski definition) is 7. The number of carbonyl (C=O) groups excluding carboxylic acids is 2. The lowest BCUT2D eigenvalue weighted by molar-refractivity contribution is -0.139. The Labute approximate surface area is 184 Å². The minimum atomic E-state index is -3.87. The summed E-state index contributed by atoms with van der Waals surface area (Å²) in [6, 6.07) is 16.1. The Hall–Kier alpha value is -3.79. The molecule has 2 N–H and O–H groups in total. The van der Waals surface area contributed by atoms with Crippen molar-refractivity contribution in [2.45, 2.75) is 16.7 Å². The van der Waals surface area contributed by atoms with Crippen molar-refractivity contribution in [1.29, 1.82) is 0 Å². The zero-order valence-electron chi connectivity index (χ0n) is 16.8. The van der Waals surface area contributed by atoms with Gasteiger partial charge in [0.15, 0.2) is 21.3 Å². The van der Waals surface area contributed by atoms with E-state index in [1.54, 1.807) is 42.5 Å². The first-order chi connectivity index (χ1) is 15.4. The van der Waals surface area contributed by atoms with Crippen LogP contribution in [0.25, 0.3) is 0 Å². The Kier molecular flexibility index (Phi) is 6.13. The van der Waals surface area contributed by atoms with Gasteiger partial charge in [-0.05, 0) is 42.0 Å². The SMILES string of the molecule is O=C(NCc1ccc2c(c1)OCO2)C(=O)NC[C@H](c1ccco1)S(=O)(=O)c1ccccc1. The fourth-order valence-corrected chi connectivity index (χ4v) is 4.80. The van der Waals surface area contributed by atoms with Gasteiger partial charge in [-0.15, -0.1) is 0 Å². The van der Waals surface area contributed by atoms with E-state index >= 15 is 0 Å². The van der Waals surface area contributed by atoms with Crippen molar-refractivity contribution in [1.82, 2.24) is 10.6 Å². The highest BCUT2D eigenvalue weighted by Crippen LogP contribution is 2.32. The topological polar surface area (TPSA) is 124 Å². The molecule has 32 heavy (non-hydrogen) atoms. The number of ether oxygens (including phenoxy) is 2. The van der Waals surface area contributed by atoms with E-state index in [4.69, 9.17) is 13.9 Å². The zero-order chi connectivity index (χ0) is 22.6. The fourth-order valence-electron chi connectivity index (χ4n) is 3.19. The summed E-state index contributed by atoms with van der Waals surface area (Å²) >= 11 is 0. The quantitative estimate of drug-likeness (QED) is 0.521. The maximum atomic E-state index is 13.1. The van der Waals surface area contributed by atoms with E-state index in [0.29, 0.717) is 11.5 Å². The average molecular weight is 456 g/mol. The molecule has 1 aliphatic heterocycles. The Morgan fingerprint density at radius 2 is 1.66 bits per heavy atom. The van der Waals surface area contributed by atoms with Gasteiger partial charge in [0, 0.05) is 13.1 Å². The van der Waals surface area contributed by atoms with Gasteiger partial charge in [0.25, 0.3) is 0 Å². The van der Waals surface area contributed by atoms with Gasteiger partial charge >= 0.3 is 11.8 Å². The molecule has 2 heterocycles. The normalized spacial score (nSPS) is 13.4. The van der Waals surface area contributed by atoms with Crippen LogP contribution in [0.15, 0.2) is 76.2 Å². The van der Waals surface area contributed by atoms with Gasteiger partial charge in [-0.1, -0.05) is 24.3 Å². The maximum Gasteiger partial charge on any atom is 0.309 e.